The topological polar surface area (TPSA) is 21.1 Å². The van der Waals surface area contributed by atoms with Crippen LogP contribution >= 0.6 is 11.6 Å². The van der Waals surface area contributed by atoms with Crippen LogP contribution < -0.4 is 4.90 Å². The zero-order chi connectivity index (χ0) is 11.7. The number of benzene rings is 1. The van der Waals surface area contributed by atoms with Crippen LogP contribution in [0.4, 0.5) is 5.95 Å². The third kappa shape index (κ3) is 2.03. The molecule has 0 spiro atoms. The van der Waals surface area contributed by atoms with Gasteiger partial charge in [0.2, 0.25) is 5.95 Å². The first-order valence-electron chi connectivity index (χ1n) is 5.89. The van der Waals surface area contributed by atoms with Crippen molar-refractivity contribution in [2.75, 3.05) is 18.0 Å². The highest BCUT2D eigenvalue weighted by molar-refractivity contribution is 6.30. The first-order chi connectivity index (χ1) is 8.34. The molecule has 1 saturated heterocycles. The Kier molecular flexibility index (Phi) is 2.77. The lowest BCUT2D eigenvalue weighted by atomic mass is 10.3. The number of imidazole rings is 1. The maximum atomic E-state index is 5.90. The standard InChI is InChI=1S/C13H14ClN3/c14-11-3-5-12(6-4-11)17-10-7-15-13(17)16-8-1-2-9-16/h3-7,10H,1-2,8-9H2. The van der Waals surface area contributed by atoms with Crippen molar-refractivity contribution < 1.29 is 0 Å². The van der Waals surface area contributed by atoms with Crippen molar-refractivity contribution in [2.24, 2.45) is 0 Å². The molecule has 2 aromatic rings. The highest BCUT2D eigenvalue weighted by atomic mass is 35.5. The molecule has 17 heavy (non-hydrogen) atoms. The molecule has 0 bridgehead atoms. The maximum Gasteiger partial charge on any atom is 0.210 e. The van der Waals surface area contributed by atoms with Crippen molar-refractivity contribution in [1.82, 2.24) is 9.55 Å². The van der Waals surface area contributed by atoms with Gasteiger partial charge >= 0.3 is 0 Å². The first-order valence-corrected chi connectivity index (χ1v) is 6.26. The zero-order valence-corrected chi connectivity index (χ0v) is 10.3. The Bertz CT molecular complexity index is 498. The van der Waals surface area contributed by atoms with Crippen LogP contribution in [0.25, 0.3) is 5.69 Å². The van der Waals surface area contributed by atoms with Gasteiger partial charge < -0.3 is 4.90 Å². The molecular weight excluding hydrogens is 234 g/mol. The van der Waals surface area contributed by atoms with Gasteiger partial charge in [-0.25, -0.2) is 4.98 Å². The van der Waals surface area contributed by atoms with E-state index in [1.807, 2.05) is 36.7 Å². The van der Waals surface area contributed by atoms with Gasteiger partial charge in [0.15, 0.2) is 0 Å². The van der Waals surface area contributed by atoms with Gasteiger partial charge in [0, 0.05) is 36.2 Å². The largest absolute Gasteiger partial charge is 0.342 e. The van der Waals surface area contributed by atoms with Crippen LogP contribution in [0.1, 0.15) is 12.8 Å². The zero-order valence-electron chi connectivity index (χ0n) is 9.51. The number of anilines is 1. The fourth-order valence-corrected chi connectivity index (χ4v) is 2.38. The molecule has 1 aromatic carbocycles. The Morgan fingerprint density at radius 3 is 2.47 bits per heavy atom. The molecule has 1 aliphatic heterocycles. The highest BCUT2D eigenvalue weighted by Gasteiger charge is 2.17. The summed E-state index contributed by atoms with van der Waals surface area (Å²) >= 11 is 5.90. The molecule has 0 N–H and O–H groups in total. The van der Waals surface area contributed by atoms with Crippen LogP contribution in [0.2, 0.25) is 5.02 Å². The van der Waals surface area contributed by atoms with E-state index in [1.165, 1.54) is 12.8 Å². The quantitative estimate of drug-likeness (QED) is 0.813. The molecule has 1 aliphatic rings. The second kappa shape index (κ2) is 4.41. The molecule has 0 radical (unpaired) electrons. The molecule has 0 amide bonds. The second-order valence-electron chi connectivity index (χ2n) is 4.27. The fraction of sp³-hybridized carbons (Fsp3) is 0.308. The first kappa shape index (κ1) is 10.7. The van der Waals surface area contributed by atoms with E-state index < -0.39 is 0 Å². The van der Waals surface area contributed by atoms with Gasteiger partial charge in [-0.05, 0) is 37.1 Å². The third-order valence-electron chi connectivity index (χ3n) is 3.11. The summed E-state index contributed by atoms with van der Waals surface area (Å²) in [5.41, 5.74) is 1.11. The summed E-state index contributed by atoms with van der Waals surface area (Å²) in [6.07, 6.45) is 6.36. The number of hydrogen-bond donors (Lipinski definition) is 0. The smallest absolute Gasteiger partial charge is 0.210 e. The lowest BCUT2D eigenvalue weighted by Crippen LogP contribution is -2.21. The van der Waals surface area contributed by atoms with Gasteiger partial charge in [-0.1, -0.05) is 11.6 Å². The van der Waals surface area contributed by atoms with Crippen LogP contribution in [-0.2, 0) is 0 Å². The third-order valence-corrected chi connectivity index (χ3v) is 3.37. The molecule has 0 saturated carbocycles. The molecule has 3 rings (SSSR count). The second-order valence-corrected chi connectivity index (χ2v) is 4.70. The van der Waals surface area contributed by atoms with Crippen molar-refractivity contribution in [1.29, 1.82) is 0 Å². The van der Waals surface area contributed by atoms with Crippen molar-refractivity contribution in [3.8, 4) is 5.69 Å². The molecule has 2 heterocycles. The van der Waals surface area contributed by atoms with E-state index in [-0.39, 0.29) is 0 Å². The number of aromatic nitrogens is 2. The average Bonchev–Trinajstić information content (AvgIpc) is 3.00. The van der Waals surface area contributed by atoms with Gasteiger partial charge in [-0.3, -0.25) is 4.57 Å². The lowest BCUT2D eigenvalue weighted by Gasteiger charge is -2.18. The minimum Gasteiger partial charge on any atom is -0.342 e. The number of nitrogens with zero attached hydrogens (tertiary/aromatic N) is 3. The maximum absolute atomic E-state index is 5.90. The van der Waals surface area contributed by atoms with Crippen molar-refractivity contribution in [3.63, 3.8) is 0 Å². The van der Waals surface area contributed by atoms with E-state index >= 15 is 0 Å². The summed E-state index contributed by atoms with van der Waals surface area (Å²) in [5.74, 6) is 1.03. The molecule has 1 aromatic heterocycles. The SMILES string of the molecule is Clc1ccc(-n2ccnc2N2CCCC2)cc1. The fourth-order valence-electron chi connectivity index (χ4n) is 2.25. The summed E-state index contributed by atoms with van der Waals surface area (Å²) in [6.45, 7) is 2.20. The van der Waals surface area contributed by atoms with Gasteiger partial charge in [0.1, 0.15) is 0 Å². The molecule has 4 heteroatoms. The highest BCUT2D eigenvalue weighted by Crippen LogP contribution is 2.22. The normalized spacial score (nSPS) is 15.5. The van der Waals surface area contributed by atoms with Gasteiger partial charge in [0.25, 0.3) is 0 Å². The van der Waals surface area contributed by atoms with Crippen LogP contribution in [0, 0.1) is 0 Å². The van der Waals surface area contributed by atoms with E-state index in [0.29, 0.717) is 0 Å². The Morgan fingerprint density at radius 1 is 1.06 bits per heavy atom. The van der Waals surface area contributed by atoms with Crippen LogP contribution in [0.5, 0.6) is 0 Å². The molecule has 0 atom stereocenters. The number of halogens is 1. The Morgan fingerprint density at radius 2 is 1.76 bits per heavy atom. The van der Waals surface area contributed by atoms with Crippen LogP contribution in [-0.4, -0.2) is 22.6 Å². The molecule has 3 nitrogen and oxygen atoms in total. The van der Waals surface area contributed by atoms with Gasteiger partial charge in [-0.15, -0.1) is 0 Å². The van der Waals surface area contributed by atoms with E-state index in [1.54, 1.807) is 0 Å². The van der Waals surface area contributed by atoms with E-state index in [0.717, 1.165) is 29.7 Å². The molecule has 0 unspecified atom stereocenters. The number of hydrogen-bond acceptors (Lipinski definition) is 2. The predicted molar refractivity (Wildman–Crippen MR) is 70.0 cm³/mol. The van der Waals surface area contributed by atoms with Crippen molar-refractivity contribution in [3.05, 3.63) is 41.7 Å². The molecule has 1 fully saturated rings. The van der Waals surface area contributed by atoms with Crippen molar-refractivity contribution >= 4 is 17.5 Å². The predicted octanol–water partition coefficient (Wildman–Crippen LogP) is 3.13. The molecule has 0 aliphatic carbocycles. The minimum atomic E-state index is 0.761. The summed E-state index contributed by atoms with van der Waals surface area (Å²) in [6, 6.07) is 7.85. The van der Waals surface area contributed by atoms with Crippen LogP contribution in [0.15, 0.2) is 36.7 Å². The monoisotopic (exact) mass is 247 g/mol. The summed E-state index contributed by atoms with van der Waals surface area (Å²) < 4.78 is 2.11. The Labute approximate surface area is 106 Å². The van der Waals surface area contributed by atoms with E-state index in [4.69, 9.17) is 11.6 Å². The summed E-state index contributed by atoms with van der Waals surface area (Å²) in [5, 5.41) is 0.761. The van der Waals surface area contributed by atoms with Crippen molar-refractivity contribution in [2.45, 2.75) is 12.8 Å². The lowest BCUT2D eigenvalue weighted by molar-refractivity contribution is 0.875. The van der Waals surface area contributed by atoms with Gasteiger partial charge in [-0.2, -0.15) is 0 Å². The molecule has 88 valence electrons. The Hall–Kier alpha value is -1.48. The minimum absolute atomic E-state index is 0.761. The van der Waals surface area contributed by atoms with Crippen LogP contribution in [0.3, 0.4) is 0 Å². The number of rotatable bonds is 2. The van der Waals surface area contributed by atoms with Gasteiger partial charge in [0.05, 0.1) is 0 Å². The molecular formula is C13H14ClN3. The van der Waals surface area contributed by atoms with E-state index in [9.17, 15) is 0 Å². The Balaban J connectivity index is 1.97. The average molecular weight is 248 g/mol. The summed E-state index contributed by atoms with van der Waals surface area (Å²) in [7, 11) is 0. The summed E-state index contributed by atoms with van der Waals surface area (Å²) in [4.78, 5) is 6.78. The van der Waals surface area contributed by atoms with E-state index in [2.05, 4.69) is 14.5 Å².